The van der Waals surface area contributed by atoms with Gasteiger partial charge in [0, 0.05) is 17.6 Å². The molecule has 1 N–H and O–H groups in total. The number of aromatic carboxylic acids is 1. The summed E-state index contributed by atoms with van der Waals surface area (Å²) in [7, 11) is 0. The van der Waals surface area contributed by atoms with Crippen molar-refractivity contribution >= 4 is 34.5 Å². The summed E-state index contributed by atoms with van der Waals surface area (Å²) < 4.78 is 7.34. The molecule has 0 atom stereocenters. The molecule has 1 aliphatic carbocycles. The van der Waals surface area contributed by atoms with E-state index in [0.29, 0.717) is 22.1 Å². The number of halogens is 1. The number of benzene rings is 1. The number of carbonyl (C=O) groups excluding carboxylic acids is 1. The van der Waals surface area contributed by atoms with Gasteiger partial charge in [-0.05, 0) is 68.6 Å². The average molecular weight is 430 g/mol. The Balaban J connectivity index is 1.66. The molecule has 0 saturated heterocycles. The van der Waals surface area contributed by atoms with Crippen LogP contribution in [0.1, 0.15) is 72.2 Å². The van der Waals surface area contributed by atoms with Crippen LogP contribution in [0.15, 0.2) is 34.7 Å². The first kappa shape index (κ1) is 20.5. The summed E-state index contributed by atoms with van der Waals surface area (Å²) in [5.41, 5.74) is 2.10. The lowest BCUT2D eigenvalue weighted by Gasteiger charge is -2.28. The first-order valence-corrected chi connectivity index (χ1v) is 10.5. The molecule has 2 aromatic heterocycles. The van der Waals surface area contributed by atoms with Crippen molar-refractivity contribution in [1.82, 2.24) is 14.5 Å². The number of furan rings is 1. The molecule has 1 aromatic carbocycles. The summed E-state index contributed by atoms with van der Waals surface area (Å²) in [6.07, 6.45) is 3.99. The molecule has 4 rings (SSSR count). The predicted molar refractivity (Wildman–Crippen MR) is 113 cm³/mol. The zero-order chi connectivity index (χ0) is 21.4. The molecule has 3 aromatic rings. The lowest BCUT2D eigenvalue weighted by Crippen LogP contribution is -2.38. The van der Waals surface area contributed by atoms with E-state index >= 15 is 0 Å². The Labute approximate surface area is 179 Å². The largest absolute Gasteiger partial charge is 0.475 e. The van der Waals surface area contributed by atoms with Crippen LogP contribution in [-0.4, -0.2) is 37.5 Å². The van der Waals surface area contributed by atoms with E-state index in [1.807, 2.05) is 24.5 Å². The van der Waals surface area contributed by atoms with Crippen LogP contribution in [0.3, 0.4) is 0 Å². The summed E-state index contributed by atoms with van der Waals surface area (Å²) >= 11 is 6.29. The van der Waals surface area contributed by atoms with E-state index in [4.69, 9.17) is 21.1 Å². The van der Waals surface area contributed by atoms with Crippen molar-refractivity contribution in [3.63, 3.8) is 0 Å². The minimum atomic E-state index is -1.12. The number of hydrogen-bond acceptors (Lipinski definition) is 4. The van der Waals surface area contributed by atoms with Crippen molar-refractivity contribution in [3.8, 4) is 0 Å². The Bertz CT molecular complexity index is 1100. The second-order valence-electron chi connectivity index (χ2n) is 7.99. The van der Waals surface area contributed by atoms with E-state index in [-0.39, 0.29) is 30.3 Å². The summed E-state index contributed by atoms with van der Waals surface area (Å²) in [6.45, 7) is 4.29. The number of nitrogens with zero attached hydrogens (tertiary/aromatic N) is 3. The second kappa shape index (κ2) is 8.14. The highest BCUT2D eigenvalue weighted by Gasteiger charge is 2.29. The van der Waals surface area contributed by atoms with Crippen LogP contribution in [0.25, 0.3) is 11.0 Å². The van der Waals surface area contributed by atoms with Gasteiger partial charge in [0.25, 0.3) is 5.91 Å². The Morgan fingerprint density at radius 3 is 2.63 bits per heavy atom. The molecule has 0 unspecified atom stereocenters. The Morgan fingerprint density at radius 2 is 2.00 bits per heavy atom. The molecule has 158 valence electrons. The van der Waals surface area contributed by atoms with Gasteiger partial charge < -0.3 is 19.0 Å². The first-order valence-electron chi connectivity index (χ1n) is 10.2. The number of carboxylic acids is 1. The van der Waals surface area contributed by atoms with E-state index in [1.54, 1.807) is 23.1 Å². The molecule has 1 aliphatic rings. The SMILES string of the molecule is CC(C)n1c(Cl)nc2cc(C(=O)N(Cc3ccc(C(=O)O)o3)C3CCCC3)ccc21. The molecule has 0 radical (unpaired) electrons. The van der Waals surface area contributed by atoms with Crippen molar-refractivity contribution < 1.29 is 19.1 Å². The number of imidazole rings is 1. The van der Waals surface area contributed by atoms with Crippen molar-refractivity contribution in [2.75, 3.05) is 0 Å². The maximum Gasteiger partial charge on any atom is 0.371 e. The van der Waals surface area contributed by atoms with Gasteiger partial charge in [-0.25, -0.2) is 9.78 Å². The number of aromatic nitrogens is 2. The van der Waals surface area contributed by atoms with Crippen molar-refractivity contribution in [2.45, 2.75) is 58.2 Å². The maximum atomic E-state index is 13.4. The highest BCUT2D eigenvalue weighted by atomic mass is 35.5. The molecule has 0 aliphatic heterocycles. The van der Waals surface area contributed by atoms with Gasteiger partial charge in [0.15, 0.2) is 0 Å². The number of carboxylic acid groups (broad SMARTS) is 1. The van der Waals surface area contributed by atoms with E-state index < -0.39 is 5.97 Å². The zero-order valence-electron chi connectivity index (χ0n) is 17.0. The van der Waals surface area contributed by atoms with Crippen LogP contribution in [0.2, 0.25) is 5.28 Å². The van der Waals surface area contributed by atoms with Gasteiger partial charge >= 0.3 is 5.97 Å². The van der Waals surface area contributed by atoms with Gasteiger partial charge in [-0.15, -0.1) is 0 Å². The fraction of sp³-hybridized carbons (Fsp3) is 0.409. The third-order valence-electron chi connectivity index (χ3n) is 5.63. The van der Waals surface area contributed by atoms with Gasteiger partial charge in [0.2, 0.25) is 11.0 Å². The quantitative estimate of drug-likeness (QED) is 0.585. The van der Waals surface area contributed by atoms with Crippen LogP contribution in [-0.2, 0) is 6.54 Å². The molecular formula is C22H24ClN3O4. The molecule has 30 heavy (non-hydrogen) atoms. The number of fused-ring (bicyclic) bond motifs is 1. The van der Waals surface area contributed by atoms with Crippen molar-refractivity contribution in [2.24, 2.45) is 0 Å². The van der Waals surface area contributed by atoms with Crippen LogP contribution in [0.4, 0.5) is 0 Å². The Morgan fingerprint density at radius 1 is 1.27 bits per heavy atom. The Kier molecular flexibility index (Phi) is 5.56. The molecule has 0 spiro atoms. The standard InChI is InChI=1S/C22H24ClN3O4/c1-13(2)26-18-9-7-14(11-17(18)24-22(26)23)20(27)25(15-5-3-4-6-15)12-16-8-10-19(30-16)21(28)29/h7-11,13,15H,3-6,12H2,1-2H3,(H,28,29). The van der Waals surface area contributed by atoms with Gasteiger partial charge in [0.05, 0.1) is 17.6 Å². The predicted octanol–water partition coefficient (Wildman–Crippen LogP) is 5.15. The van der Waals surface area contributed by atoms with Gasteiger partial charge in [-0.3, -0.25) is 4.79 Å². The van der Waals surface area contributed by atoms with E-state index in [2.05, 4.69) is 4.98 Å². The molecular weight excluding hydrogens is 406 g/mol. The fourth-order valence-corrected chi connectivity index (χ4v) is 4.57. The van der Waals surface area contributed by atoms with E-state index in [1.165, 1.54) is 6.07 Å². The van der Waals surface area contributed by atoms with Gasteiger partial charge in [-0.2, -0.15) is 0 Å². The van der Waals surface area contributed by atoms with Crippen LogP contribution < -0.4 is 0 Å². The highest BCUT2D eigenvalue weighted by molar-refractivity contribution is 6.29. The molecule has 8 heteroatoms. The monoisotopic (exact) mass is 429 g/mol. The summed E-state index contributed by atoms with van der Waals surface area (Å²) in [5, 5.41) is 9.50. The lowest BCUT2D eigenvalue weighted by molar-refractivity contribution is 0.0634. The van der Waals surface area contributed by atoms with Crippen LogP contribution in [0.5, 0.6) is 0 Å². The minimum absolute atomic E-state index is 0.100. The van der Waals surface area contributed by atoms with Gasteiger partial charge in [0.1, 0.15) is 5.76 Å². The summed E-state index contributed by atoms with van der Waals surface area (Å²) in [6, 6.07) is 8.74. The maximum absolute atomic E-state index is 13.4. The van der Waals surface area contributed by atoms with Crippen LogP contribution in [0, 0.1) is 0 Å². The number of hydrogen-bond donors (Lipinski definition) is 1. The topological polar surface area (TPSA) is 88.6 Å². The van der Waals surface area contributed by atoms with Crippen molar-refractivity contribution in [3.05, 3.63) is 52.7 Å². The second-order valence-corrected chi connectivity index (χ2v) is 8.33. The van der Waals surface area contributed by atoms with Gasteiger partial charge in [-0.1, -0.05) is 12.8 Å². The summed E-state index contributed by atoms with van der Waals surface area (Å²) in [5.74, 6) is -0.907. The van der Waals surface area contributed by atoms with E-state index in [0.717, 1.165) is 31.2 Å². The molecule has 1 amide bonds. The van der Waals surface area contributed by atoms with Crippen molar-refractivity contribution in [1.29, 1.82) is 0 Å². The summed E-state index contributed by atoms with van der Waals surface area (Å²) in [4.78, 5) is 30.8. The smallest absolute Gasteiger partial charge is 0.371 e. The highest BCUT2D eigenvalue weighted by Crippen LogP contribution is 2.29. The molecule has 2 heterocycles. The third kappa shape index (κ3) is 3.81. The Hall–Kier alpha value is -2.80. The third-order valence-corrected chi connectivity index (χ3v) is 5.90. The molecule has 7 nitrogen and oxygen atoms in total. The first-order chi connectivity index (χ1) is 14.3. The molecule has 1 saturated carbocycles. The number of amides is 1. The number of rotatable bonds is 6. The lowest BCUT2D eigenvalue weighted by atomic mass is 10.1. The van der Waals surface area contributed by atoms with Crippen LogP contribution >= 0.6 is 11.6 Å². The fourth-order valence-electron chi connectivity index (χ4n) is 4.19. The average Bonchev–Trinajstić information content (AvgIpc) is 3.43. The zero-order valence-corrected chi connectivity index (χ0v) is 17.7. The normalized spacial score (nSPS) is 14.7. The molecule has 1 fully saturated rings. The molecule has 0 bridgehead atoms. The minimum Gasteiger partial charge on any atom is -0.475 e. The van der Waals surface area contributed by atoms with E-state index in [9.17, 15) is 9.59 Å². The number of carbonyl (C=O) groups is 2.